The monoisotopic (exact) mass is 291 g/mol. The Morgan fingerprint density at radius 3 is 2.32 bits per heavy atom. The highest BCUT2D eigenvalue weighted by atomic mass is 16.4. The fourth-order valence-corrected chi connectivity index (χ4v) is 2.58. The minimum atomic E-state index is -1.17. The smallest absolute Gasteiger partial charge is 0.336 e. The second-order valence-corrected chi connectivity index (χ2v) is 4.96. The first-order chi connectivity index (χ1) is 10.6. The number of primary amides is 1. The summed E-state index contributed by atoms with van der Waals surface area (Å²) in [6, 6.07) is 18.4. The van der Waals surface area contributed by atoms with Crippen LogP contribution in [-0.4, -0.2) is 17.0 Å². The number of amides is 1. The number of fused-ring (bicyclic) bond motifs is 1. The summed E-state index contributed by atoms with van der Waals surface area (Å²) < 4.78 is 0. The van der Waals surface area contributed by atoms with Gasteiger partial charge in [0.1, 0.15) is 0 Å². The molecule has 3 aromatic rings. The first-order valence-electron chi connectivity index (χ1n) is 6.73. The summed E-state index contributed by atoms with van der Waals surface area (Å²) in [5.74, 6) is -1.92. The molecule has 108 valence electrons. The summed E-state index contributed by atoms with van der Waals surface area (Å²) in [6.45, 7) is 0. The van der Waals surface area contributed by atoms with Crippen molar-refractivity contribution in [2.75, 3.05) is 0 Å². The highest BCUT2D eigenvalue weighted by Gasteiger charge is 2.16. The standard InChI is InChI=1S/C18H13NO3/c19-17(20)16-10-12(8-9-15(16)18(21)22)14-7-3-5-11-4-1-2-6-13(11)14/h1-10H,(H2,19,20)(H,21,22). The fourth-order valence-electron chi connectivity index (χ4n) is 2.58. The highest BCUT2D eigenvalue weighted by Crippen LogP contribution is 2.29. The molecule has 0 aromatic heterocycles. The summed E-state index contributed by atoms with van der Waals surface area (Å²) in [7, 11) is 0. The molecule has 0 saturated heterocycles. The van der Waals surface area contributed by atoms with E-state index >= 15 is 0 Å². The summed E-state index contributed by atoms with van der Waals surface area (Å²) in [5, 5.41) is 11.2. The molecule has 3 rings (SSSR count). The minimum absolute atomic E-state index is 0.0120. The third-order valence-corrected chi connectivity index (χ3v) is 3.62. The van der Waals surface area contributed by atoms with Crippen molar-refractivity contribution in [3.63, 3.8) is 0 Å². The van der Waals surface area contributed by atoms with Crippen molar-refractivity contribution in [3.8, 4) is 11.1 Å². The average Bonchev–Trinajstić information content (AvgIpc) is 2.53. The molecule has 0 spiro atoms. The third kappa shape index (κ3) is 2.31. The zero-order chi connectivity index (χ0) is 15.7. The topological polar surface area (TPSA) is 80.4 Å². The first kappa shape index (κ1) is 13.8. The lowest BCUT2D eigenvalue weighted by Gasteiger charge is -2.09. The maximum Gasteiger partial charge on any atom is 0.336 e. The molecule has 3 aromatic carbocycles. The molecular weight excluding hydrogens is 278 g/mol. The van der Waals surface area contributed by atoms with Crippen LogP contribution in [0.2, 0.25) is 0 Å². The van der Waals surface area contributed by atoms with Gasteiger partial charge in [-0.1, -0.05) is 48.5 Å². The number of aromatic carboxylic acids is 1. The second-order valence-electron chi connectivity index (χ2n) is 4.96. The molecule has 0 heterocycles. The van der Waals surface area contributed by atoms with E-state index in [1.165, 1.54) is 12.1 Å². The lowest BCUT2D eigenvalue weighted by atomic mass is 9.95. The number of hydrogen-bond acceptors (Lipinski definition) is 2. The maximum atomic E-state index is 11.5. The predicted octanol–water partition coefficient (Wildman–Crippen LogP) is 3.30. The van der Waals surface area contributed by atoms with E-state index in [1.54, 1.807) is 6.07 Å². The lowest BCUT2D eigenvalue weighted by molar-refractivity contribution is 0.0692. The van der Waals surface area contributed by atoms with Crippen LogP contribution in [0.3, 0.4) is 0 Å². The zero-order valence-electron chi connectivity index (χ0n) is 11.6. The number of hydrogen-bond donors (Lipinski definition) is 2. The van der Waals surface area contributed by atoms with Crippen molar-refractivity contribution < 1.29 is 14.7 Å². The van der Waals surface area contributed by atoms with Gasteiger partial charge in [-0.3, -0.25) is 4.79 Å². The van der Waals surface area contributed by atoms with Crippen molar-refractivity contribution in [1.29, 1.82) is 0 Å². The van der Waals surface area contributed by atoms with Crippen LogP contribution < -0.4 is 5.73 Å². The van der Waals surface area contributed by atoms with E-state index in [0.717, 1.165) is 21.9 Å². The Kier molecular flexibility index (Phi) is 3.35. The van der Waals surface area contributed by atoms with Crippen LogP contribution in [-0.2, 0) is 0 Å². The Bertz CT molecular complexity index is 894. The Labute approximate surface area is 126 Å². The predicted molar refractivity (Wildman–Crippen MR) is 84.9 cm³/mol. The summed E-state index contributed by atoms with van der Waals surface area (Å²) in [5.41, 5.74) is 6.92. The number of benzene rings is 3. The van der Waals surface area contributed by atoms with Crippen molar-refractivity contribution in [2.45, 2.75) is 0 Å². The van der Waals surface area contributed by atoms with Crippen LogP contribution in [0, 0.1) is 0 Å². The number of carboxylic acids is 1. The molecule has 0 bridgehead atoms. The van der Waals surface area contributed by atoms with Gasteiger partial charge in [0.05, 0.1) is 11.1 Å². The van der Waals surface area contributed by atoms with E-state index in [4.69, 9.17) is 10.8 Å². The van der Waals surface area contributed by atoms with E-state index in [1.807, 2.05) is 42.5 Å². The average molecular weight is 291 g/mol. The molecule has 0 unspecified atom stereocenters. The van der Waals surface area contributed by atoms with Gasteiger partial charge < -0.3 is 10.8 Å². The van der Waals surface area contributed by atoms with Crippen LogP contribution in [0.1, 0.15) is 20.7 Å². The summed E-state index contributed by atoms with van der Waals surface area (Å²) >= 11 is 0. The molecule has 0 aliphatic rings. The van der Waals surface area contributed by atoms with Gasteiger partial charge in [-0.15, -0.1) is 0 Å². The van der Waals surface area contributed by atoms with Gasteiger partial charge in [-0.2, -0.15) is 0 Å². The number of nitrogens with two attached hydrogens (primary N) is 1. The molecule has 3 N–H and O–H groups in total. The zero-order valence-corrected chi connectivity index (χ0v) is 11.6. The molecule has 0 atom stereocenters. The third-order valence-electron chi connectivity index (χ3n) is 3.62. The van der Waals surface area contributed by atoms with Gasteiger partial charge in [0, 0.05) is 0 Å². The van der Waals surface area contributed by atoms with Gasteiger partial charge in [0.2, 0.25) is 5.91 Å². The van der Waals surface area contributed by atoms with Crippen LogP contribution in [0.25, 0.3) is 21.9 Å². The van der Waals surface area contributed by atoms with Gasteiger partial charge >= 0.3 is 5.97 Å². The largest absolute Gasteiger partial charge is 0.478 e. The van der Waals surface area contributed by atoms with Crippen molar-refractivity contribution in [3.05, 3.63) is 71.8 Å². The summed E-state index contributed by atoms with van der Waals surface area (Å²) in [4.78, 5) is 22.7. The molecule has 1 amide bonds. The Morgan fingerprint density at radius 2 is 1.59 bits per heavy atom. The van der Waals surface area contributed by atoms with Crippen LogP contribution in [0.5, 0.6) is 0 Å². The van der Waals surface area contributed by atoms with Crippen molar-refractivity contribution in [2.24, 2.45) is 5.73 Å². The van der Waals surface area contributed by atoms with Gasteiger partial charge in [0.25, 0.3) is 0 Å². The van der Waals surface area contributed by atoms with Crippen molar-refractivity contribution >= 4 is 22.6 Å². The van der Waals surface area contributed by atoms with Gasteiger partial charge in [0.15, 0.2) is 0 Å². The number of carboxylic acid groups (broad SMARTS) is 1. The molecular formula is C18H13NO3. The molecule has 0 fully saturated rings. The molecule has 0 radical (unpaired) electrons. The van der Waals surface area contributed by atoms with E-state index in [9.17, 15) is 9.59 Å². The first-order valence-corrected chi connectivity index (χ1v) is 6.73. The van der Waals surface area contributed by atoms with E-state index in [0.29, 0.717) is 0 Å². The van der Waals surface area contributed by atoms with Crippen LogP contribution in [0.15, 0.2) is 60.7 Å². The van der Waals surface area contributed by atoms with Crippen molar-refractivity contribution in [1.82, 2.24) is 0 Å². The molecule has 4 heteroatoms. The second kappa shape index (κ2) is 5.33. The fraction of sp³-hybridized carbons (Fsp3) is 0. The SMILES string of the molecule is NC(=O)c1cc(-c2cccc3ccccc23)ccc1C(=O)O. The van der Waals surface area contributed by atoms with E-state index in [2.05, 4.69) is 0 Å². The maximum absolute atomic E-state index is 11.5. The van der Waals surface area contributed by atoms with Gasteiger partial charge in [-0.05, 0) is 34.0 Å². The normalized spacial score (nSPS) is 10.5. The highest BCUT2D eigenvalue weighted by molar-refractivity contribution is 6.06. The summed E-state index contributed by atoms with van der Waals surface area (Å²) in [6.07, 6.45) is 0. The molecule has 0 aliphatic carbocycles. The minimum Gasteiger partial charge on any atom is -0.478 e. The number of rotatable bonds is 3. The Hall–Kier alpha value is -3.14. The van der Waals surface area contributed by atoms with E-state index in [-0.39, 0.29) is 11.1 Å². The molecule has 22 heavy (non-hydrogen) atoms. The van der Waals surface area contributed by atoms with E-state index < -0.39 is 11.9 Å². The van der Waals surface area contributed by atoms with Crippen LogP contribution in [0.4, 0.5) is 0 Å². The molecule has 0 saturated carbocycles. The lowest BCUT2D eigenvalue weighted by Crippen LogP contribution is -2.16. The molecule has 0 aliphatic heterocycles. The van der Waals surface area contributed by atoms with Crippen LogP contribution >= 0.6 is 0 Å². The quantitative estimate of drug-likeness (QED) is 0.777. The molecule has 4 nitrogen and oxygen atoms in total. The van der Waals surface area contributed by atoms with Gasteiger partial charge in [-0.25, -0.2) is 4.79 Å². The number of carbonyl (C=O) groups excluding carboxylic acids is 1. The Balaban J connectivity index is 2.26. The Morgan fingerprint density at radius 1 is 0.864 bits per heavy atom. The number of carbonyl (C=O) groups is 2.